The fourth-order valence-electron chi connectivity index (χ4n) is 3.83. The highest BCUT2D eigenvalue weighted by molar-refractivity contribution is 7.12. The molecule has 0 spiro atoms. The predicted molar refractivity (Wildman–Crippen MR) is 132 cm³/mol. The van der Waals surface area contributed by atoms with Crippen LogP contribution in [0, 0.1) is 12.8 Å². The highest BCUT2D eigenvalue weighted by Crippen LogP contribution is 2.34. The first-order chi connectivity index (χ1) is 16.8. The molecular weight excluding hydrogens is 466 g/mol. The van der Waals surface area contributed by atoms with E-state index in [0.717, 1.165) is 16.2 Å². The van der Waals surface area contributed by atoms with Crippen molar-refractivity contribution in [2.24, 2.45) is 11.0 Å². The molecule has 4 rings (SSSR count). The molecule has 0 fully saturated rings. The topological polar surface area (TPSA) is 101 Å². The molecule has 0 aliphatic carbocycles. The molecule has 2 atom stereocenters. The summed E-state index contributed by atoms with van der Waals surface area (Å²) in [6, 6.07) is 13.2. The number of ether oxygens (including phenoxy) is 1. The molecule has 8 nitrogen and oxygen atoms in total. The molecule has 2 aromatic heterocycles. The molecule has 1 aliphatic rings. The number of aryl methyl sites for hydroxylation is 1. The molecule has 182 valence electrons. The molecule has 1 aliphatic heterocycles. The average Bonchev–Trinajstić information content (AvgIpc) is 3.61. The first-order valence-corrected chi connectivity index (χ1v) is 12.2. The molecule has 1 aromatic carbocycles. The third-order valence-corrected chi connectivity index (χ3v) is 6.59. The molecule has 0 bridgehead atoms. The van der Waals surface area contributed by atoms with E-state index in [1.807, 2.05) is 30.5 Å². The summed E-state index contributed by atoms with van der Waals surface area (Å²) in [5.41, 5.74) is 2.16. The first-order valence-electron chi connectivity index (χ1n) is 11.3. The fraction of sp³-hybridized carbons (Fsp3) is 0.308. The number of hydrazone groups is 1. The molecule has 9 heteroatoms. The van der Waals surface area contributed by atoms with E-state index >= 15 is 0 Å². The van der Waals surface area contributed by atoms with Gasteiger partial charge in [0.2, 0.25) is 0 Å². The number of rotatable bonds is 8. The summed E-state index contributed by atoms with van der Waals surface area (Å²) < 4.78 is 10.9. The lowest BCUT2D eigenvalue weighted by molar-refractivity contribution is -0.155. The Bertz CT molecular complexity index is 1220. The van der Waals surface area contributed by atoms with Gasteiger partial charge in [-0.25, -0.2) is 9.80 Å². The van der Waals surface area contributed by atoms with E-state index in [1.165, 1.54) is 16.3 Å². The van der Waals surface area contributed by atoms with E-state index in [0.29, 0.717) is 17.7 Å². The van der Waals surface area contributed by atoms with Gasteiger partial charge in [-0.1, -0.05) is 37.6 Å². The number of nitrogens with zero attached hydrogens (tertiary/aromatic N) is 2. The number of carbonyl (C=O) groups excluding carboxylic acids is 3. The minimum atomic E-state index is -0.902. The van der Waals surface area contributed by atoms with Crippen LogP contribution < -0.4 is 5.32 Å². The van der Waals surface area contributed by atoms with Crippen molar-refractivity contribution in [1.82, 2.24) is 10.3 Å². The van der Waals surface area contributed by atoms with Gasteiger partial charge < -0.3 is 14.5 Å². The van der Waals surface area contributed by atoms with Gasteiger partial charge in [0.25, 0.3) is 11.8 Å². The zero-order chi connectivity index (χ0) is 24.9. The van der Waals surface area contributed by atoms with Crippen LogP contribution in [0.25, 0.3) is 0 Å². The van der Waals surface area contributed by atoms with Crippen molar-refractivity contribution >= 4 is 34.8 Å². The van der Waals surface area contributed by atoms with Crippen LogP contribution in [0.3, 0.4) is 0 Å². The van der Waals surface area contributed by atoms with Gasteiger partial charge >= 0.3 is 5.97 Å². The zero-order valence-corrected chi connectivity index (χ0v) is 20.6. The van der Waals surface area contributed by atoms with E-state index in [9.17, 15) is 14.4 Å². The summed E-state index contributed by atoms with van der Waals surface area (Å²) in [5, 5.41) is 10.5. The van der Waals surface area contributed by atoms with Crippen molar-refractivity contribution in [3.63, 3.8) is 0 Å². The van der Waals surface area contributed by atoms with Gasteiger partial charge in [0.1, 0.15) is 17.8 Å². The van der Waals surface area contributed by atoms with Gasteiger partial charge in [0.15, 0.2) is 6.61 Å². The second kappa shape index (κ2) is 10.7. The maximum Gasteiger partial charge on any atom is 0.329 e. The van der Waals surface area contributed by atoms with Gasteiger partial charge in [0, 0.05) is 12.0 Å². The number of nitrogens with one attached hydrogen (secondary N) is 1. The lowest BCUT2D eigenvalue weighted by Gasteiger charge is -2.23. The van der Waals surface area contributed by atoms with Crippen LogP contribution in [0.2, 0.25) is 0 Å². The van der Waals surface area contributed by atoms with E-state index in [4.69, 9.17) is 9.15 Å². The zero-order valence-electron chi connectivity index (χ0n) is 19.8. The number of amides is 2. The minimum Gasteiger partial charge on any atom is -0.467 e. The Balaban J connectivity index is 1.43. The first kappa shape index (κ1) is 24.4. The van der Waals surface area contributed by atoms with Crippen molar-refractivity contribution in [3.05, 3.63) is 81.9 Å². The highest BCUT2D eigenvalue weighted by atomic mass is 32.1. The van der Waals surface area contributed by atoms with Crippen LogP contribution in [-0.2, 0) is 14.3 Å². The Morgan fingerprint density at radius 2 is 2.03 bits per heavy atom. The van der Waals surface area contributed by atoms with E-state index in [2.05, 4.69) is 10.4 Å². The number of benzene rings is 1. The number of hydrogen-bond acceptors (Lipinski definition) is 7. The van der Waals surface area contributed by atoms with Crippen LogP contribution in [-0.4, -0.2) is 41.2 Å². The van der Waals surface area contributed by atoms with Crippen molar-refractivity contribution in [1.29, 1.82) is 0 Å². The molecule has 35 heavy (non-hydrogen) atoms. The number of thiophene rings is 1. The molecule has 1 unspecified atom stereocenters. The highest BCUT2D eigenvalue weighted by Gasteiger charge is 2.36. The van der Waals surface area contributed by atoms with Crippen LogP contribution in [0.1, 0.15) is 52.9 Å². The second-order valence-corrected chi connectivity index (χ2v) is 9.62. The molecule has 3 aromatic rings. The molecular formula is C26H27N3O5S. The molecule has 0 saturated carbocycles. The van der Waals surface area contributed by atoms with Gasteiger partial charge in [-0.3, -0.25) is 9.59 Å². The second-order valence-electron chi connectivity index (χ2n) is 8.67. The monoisotopic (exact) mass is 493 g/mol. The van der Waals surface area contributed by atoms with E-state index in [1.54, 1.807) is 50.4 Å². The average molecular weight is 494 g/mol. The van der Waals surface area contributed by atoms with Gasteiger partial charge in [-0.2, -0.15) is 5.10 Å². The smallest absolute Gasteiger partial charge is 0.329 e. The van der Waals surface area contributed by atoms with Crippen molar-refractivity contribution in [2.75, 3.05) is 6.61 Å². The molecule has 0 radical (unpaired) electrons. The largest absolute Gasteiger partial charge is 0.467 e. The number of carbonyl (C=O) groups is 3. The third kappa shape index (κ3) is 5.68. The van der Waals surface area contributed by atoms with Crippen molar-refractivity contribution in [3.8, 4) is 0 Å². The fourth-order valence-corrected chi connectivity index (χ4v) is 4.55. The minimum absolute atomic E-state index is 0.238. The van der Waals surface area contributed by atoms with Crippen LogP contribution >= 0.6 is 11.3 Å². The third-order valence-electron chi connectivity index (χ3n) is 5.67. The standard InChI is InChI=1S/C26H27N3O5S/c1-16(2)24(27-25(31)18-8-4-7-17(3)13-18)26(32)34-15-23(30)29-20(21-9-5-11-33-21)14-19(28-29)22-10-6-12-35-22/h4-13,16,20,24H,14-15H2,1-3H3,(H,27,31)/t20?,24-/m0/s1. The summed E-state index contributed by atoms with van der Waals surface area (Å²) in [5.74, 6) is -1.16. The normalized spacial score (nSPS) is 16.2. The summed E-state index contributed by atoms with van der Waals surface area (Å²) in [6.45, 7) is 4.99. The molecule has 2 amide bonds. The Hall–Kier alpha value is -3.72. The Kier molecular flexibility index (Phi) is 7.45. The van der Waals surface area contributed by atoms with Crippen LogP contribution in [0.4, 0.5) is 0 Å². The molecule has 0 saturated heterocycles. The van der Waals surface area contributed by atoms with Gasteiger partial charge in [-0.05, 0) is 48.6 Å². The summed E-state index contributed by atoms with van der Waals surface area (Å²) in [7, 11) is 0. The lowest BCUT2D eigenvalue weighted by atomic mass is 10.0. The van der Waals surface area contributed by atoms with E-state index < -0.39 is 30.6 Å². The van der Waals surface area contributed by atoms with E-state index in [-0.39, 0.29) is 11.8 Å². The molecule has 1 N–H and O–H groups in total. The maximum atomic E-state index is 13.1. The quantitative estimate of drug-likeness (QED) is 0.471. The van der Waals surface area contributed by atoms with Gasteiger partial charge in [0.05, 0.1) is 16.9 Å². The summed E-state index contributed by atoms with van der Waals surface area (Å²) in [6.07, 6.45) is 2.04. The SMILES string of the molecule is Cc1cccc(C(=O)N[C@H](C(=O)OCC(=O)N2N=C(c3cccs3)CC2c2ccco2)C(C)C)c1. The molecule has 3 heterocycles. The van der Waals surface area contributed by atoms with Crippen molar-refractivity contribution in [2.45, 2.75) is 39.3 Å². The Morgan fingerprint density at radius 3 is 2.69 bits per heavy atom. The Labute approximate surface area is 207 Å². The lowest BCUT2D eigenvalue weighted by Crippen LogP contribution is -2.46. The van der Waals surface area contributed by atoms with Crippen LogP contribution in [0.5, 0.6) is 0 Å². The Morgan fingerprint density at radius 1 is 1.20 bits per heavy atom. The van der Waals surface area contributed by atoms with Gasteiger partial charge in [-0.15, -0.1) is 11.3 Å². The van der Waals surface area contributed by atoms with Crippen molar-refractivity contribution < 1.29 is 23.5 Å². The number of furan rings is 1. The summed E-state index contributed by atoms with van der Waals surface area (Å²) in [4.78, 5) is 39.5. The predicted octanol–water partition coefficient (Wildman–Crippen LogP) is 4.33. The number of esters is 1. The maximum absolute atomic E-state index is 13.1. The van der Waals surface area contributed by atoms with Crippen LogP contribution in [0.15, 0.2) is 69.7 Å². The summed E-state index contributed by atoms with van der Waals surface area (Å²) >= 11 is 1.54. The number of hydrogen-bond donors (Lipinski definition) is 1.